The molecule has 0 aliphatic heterocycles. The van der Waals surface area contributed by atoms with Gasteiger partial charge >= 0.3 is 0 Å². The summed E-state index contributed by atoms with van der Waals surface area (Å²) < 4.78 is 5.24. The van der Waals surface area contributed by atoms with Crippen LogP contribution in [0.5, 0.6) is 0 Å². The van der Waals surface area contributed by atoms with Crippen LogP contribution in [0.4, 0.5) is 0 Å². The van der Waals surface area contributed by atoms with Crippen molar-refractivity contribution in [1.29, 1.82) is 0 Å². The molecule has 18 heavy (non-hydrogen) atoms. The zero-order valence-corrected chi connectivity index (χ0v) is 12.2. The molecule has 0 aromatic carbocycles. The third kappa shape index (κ3) is 4.52. The Hall–Kier alpha value is -0.120. The van der Waals surface area contributed by atoms with Crippen molar-refractivity contribution in [1.82, 2.24) is 10.2 Å². The number of hydrogen-bond donors (Lipinski definition) is 1. The van der Waals surface area contributed by atoms with Crippen molar-refractivity contribution in [2.75, 3.05) is 33.4 Å². The van der Waals surface area contributed by atoms with Crippen molar-refractivity contribution in [3.63, 3.8) is 0 Å². The van der Waals surface area contributed by atoms with E-state index in [9.17, 15) is 0 Å². The normalized spacial score (nSPS) is 22.8. The first-order valence-electron chi connectivity index (χ1n) is 7.77. The smallest absolute Gasteiger partial charge is 0.0589 e. The van der Waals surface area contributed by atoms with Crippen molar-refractivity contribution in [3.05, 3.63) is 0 Å². The molecule has 2 fully saturated rings. The van der Waals surface area contributed by atoms with E-state index in [-0.39, 0.29) is 0 Å². The number of methoxy groups -OCH3 is 1. The van der Waals surface area contributed by atoms with Crippen LogP contribution >= 0.6 is 0 Å². The largest absolute Gasteiger partial charge is 0.383 e. The van der Waals surface area contributed by atoms with Crippen LogP contribution in [-0.2, 0) is 4.74 Å². The second-order valence-electron chi connectivity index (χ2n) is 6.04. The summed E-state index contributed by atoms with van der Waals surface area (Å²) in [6, 6.07) is 1.54. The lowest BCUT2D eigenvalue weighted by Gasteiger charge is -2.29. The van der Waals surface area contributed by atoms with E-state index in [1.807, 2.05) is 0 Å². The Morgan fingerprint density at radius 1 is 1.17 bits per heavy atom. The third-order valence-electron chi connectivity index (χ3n) is 4.65. The highest BCUT2D eigenvalue weighted by Gasteiger charge is 2.31. The summed E-state index contributed by atoms with van der Waals surface area (Å²) in [6.07, 6.45) is 8.47. The SMILES string of the molecule is COCCN(CCNC1CCCC1)C(C)C1CC1. The van der Waals surface area contributed by atoms with Gasteiger partial charge in [-0.25, -0.2) is 0 Å². The van der Waals surface area contributed by atoms with Gasteiger partial charge < -0.3 is 10.1 Å². The molecule has 1 atom stereocenters. The Morgan fingerprint density at radius 3 is 2.50 bits per heavy atom. The monoisotopic (exact) mass is 254 g/mol. The lowest BCUT2D eigenvalue weighted by atomic mass is 10.2. The predicted molar refractivity (Wildman–Crippen MR) is 75.9 cm³/mol. The fourth-order valence-corrected chi connectivity index (χ4v) is 3.15. The topological polar surface area (TPSA) is 24.5 Å². The maximum atomic E-state index is 5.24. The molecule has 0 aromatic heterocycles. The van der Waals surface area contributed by atoms with Crippen molar-refractivity contribution in [2.45, 2.75) is 57.5 Å². The summed E-state index contributed by atoms with van der Waals surface area (Å²) in [5, 5.41) is 3.72. The van der Waals surface area contributed by atoms with E-state index in [1.165, 1.54) is 45.1 Å². The van der Waals surface area contributed by atoms with Gasteiger partial charge in [-0.1, -0.05) is 12.8 Å². The minimum Gasteiger partial charge on any atom is -0.383 e. The average molecular weight is 254 g/mol. The van der Waals surface area contributed by atoms with Crippen molar-refractivity contribution in [3.8, 4) is 0 Å². The van der Waals surface area contributed by atoms with Gasteiger partial charge in [0.25, 0.3) is 0 Å². The van der Waals surface area contributed by atoms with Crippen LogP contribution in [0.2, 0.25) is 0 Å². The molecule has 0 spiro atoms. The van der Waals surface area contributed by atoms with Gasteiger partial charge in [0.2, 0.25) is 0 Å². The summed E-state index contributed by atoms with van der Waals surface area (Å²) >= 11 is 0. The Balaban J connectivity index is 1.66. The first kappa shape index (κ1) is 14.3. The second kappa shape index (κ2) is 7.46. The highest BCUT2D eigenvalue weighted by atomic mass is 16.5. The van der Waals surface area contributed by atoms with Crippen LogP contribution in [0.25, 0.3) is 0 Å². The fraction of sp³-hybridized carbons (Fsp3) is 1.00. The summed E-state index contributed by atoms with van der Waals surface area (Å²) in [7, 11) is 1.80. The minimum atomic E-state index is 0.741. The summed E-state index contributed by atoms with van der Waals surface area (Å²) in [6.45, 7) is 6.66. The first-order chi connectivity index (χ1) is 8.81. The van der Waals surface area contributed by atoms with E-state index >= 15 is 0 Å². The molecule has 106 valence electrons. The molecule has 2 aliphatic rings. The van der Waals surface area contributed by atoms with E-state index in [2.05, 4.69) is 17.1 Å². The van der Waals surface area contributed by atoms with Gasteiger partial charge in [-0.2, -0.15) is 0 Å². The molecule has 0 amide bonds. The van der Waals surface area contributed by atoms with Crippen molar-refractivity contribution in [2.24, 2.45) is 5.92 Å². The summed E-state index contributed by atoms with van der Waals surface area (Å²) in [5.41, 5.74) is 0. The Morgan fingerprint density at radius 2 is 1.89 bits per heavy atom. The van der Waals surface area contributed by atoms with Crippen molar-refractivity contribution < 1.29 is 4.74 Å². The Kier molecular flexibility index (Phi) is 5.93. The molecule has 2 aliphatic carbocycles. The van der Waals surface area contributed by atoms with Crippen LogP contribution in [0.3, 0.4) is 0 Å². The summed E-state index contributed by atoms with van der Waals surface area (Å²) in [4.78, 5) is 2.61. The standard InChI is InChI=1S/C15H30N2O/c1-13(14-7-8-14)17(11-12-18-2)10-9-16-15-5-3-4-6-15/h13-16H,3-12H2,1-2H3. The van der Waals surface area contributed by atoms with Crippen LogP contribution < -0.4 is 5.32 Å². The number of nitrogens with one attached hydrogen (secondary N) is 1. The van der Waals surface area contributed by atoms with E-state index < -0.39 is 0 Å². The average Bonchev–Trinajstić information content (AvgIpc) is 3.11. The maximum absolute atomic E-state index is 5.24. The highest BCUT2D eigenvalue weighted by molar-refractivity contribution is 4.85. The number of rotatable bonds is 9. The number of nitrogens with zero attached hydrogens (tertiary/aromatic N) is 1. The summed E-state index contributed by atoms with van der Waals surface area (Å²) in [5.74, 6) is 0.952. The molecule has 2 saturated carbocycles. The third-order valence-corrected chi connectivity index (χ3v) is 4.65. The Labute approximate surface area is 112 Å². The quantitative estimate of drug-likeness (QED) is 0.683. The first-order valence-corrected chi connectivity index (χ1v) is 7.77. The zero-order chi connectivity index (χ0) is 12.8. The lowest BCUT2D eigenvalue weighted by molar-refractivity contribution is 0.117. The molecule has 2 rings (SSSR count). The molecule has 0 saturated heterocycles. The van der Waals surface area contributed by atoms with Crippen LogP contribution in [-0.4, -0.2) is 50.3 Å². The van der Waals surface area contributed by atoms with Gasteiger partial charge in [0, 0.05) is 38.8 Å². The lowest BCUT2D eigenvalue weighted by Crippen LogP contribution is -2.42. The molecule has 0 aromatic rings. The molecule has 3 nitrogen and oxygen atoms in total. The maximum Gasteiger partial charge on any atom is 0.0589 e. The predicted octanol–water partition coefficient (Wildman–Crippen LogP) is 2.27. The van der Waals surface area contributed by atoms with Gasteiger partial charge in [-0.15, -0.1) is 0 Å². The molecule has 0 bridgehead atoms. The van der Waals surface area contributed by atoms with Gasteiger partial charge in [0.05, 0.1) is 6.61 Å². The molecule has 1 N–H and O–H groups in total. The minimum absolute atomic E-state index is 0.741. The Bertz CT molecular complexity index is 225. The fourth-order valence-electron chi connectivity index (χ4n) is 3.15. The van der Waals surface area contributed by atoms with Crippen LogP contribution in [0.1, 0.15) is 45.4 Å². The number of ether oxygens (including phenoxy) is 1. The van der Waals surface area contributed by atoms with E-state index in [1.54, 1.807) is 7.11 Å². The van der Waals surface area contributed by atoms with E-state index in [0.717, 1.165) is 37.7 Å². The van der Waals surface area contributed by atoms with Gasteiger partial charge in [0.15, 0.2) is 0 Å². The molecule has 0 heterocycles. The van der Waals surface area contributed by atoms with Gasteiger partial charge in [-0.05, 0) is 38.5 Å². The van der Waals surface area contributed by atoms with Gasteiger partial charge in [-0.3, -0.25) is 4.90 Å². The van der Waals surface area contributed by atoms with Gasteiger partial charge in [0.1, 0.15) is 0 Å². The van der Waals surface area contributed by atoms with Crippen molar-refractivity contribution >= 4 is 0 Å². The molecule has 0 radical (unpaired) electrons. The van der Waals surface area contributed by atoms with Crippen LogP contribution in [0.15, 0.2) is 0 Å². The van der Waals surface area contributed by atoms with E-state index in [4.69, 9.17) is 4.74 Å². The zero-order valence-electron chi connectivity index (χ0n) is 12.2. The molecule has 1 unspecified atom stereocenters. The highest BCUT2D eigenvalue weighted by Crippen LogP contribution is 2.34. The number of hydrogen-bond acceptors (Lipinski definition) is 3. The molecular weight excluding hydrogens is 224 g/mol. The second-order valence-corrected chi connectivity index (χ2v) is 6.04. The molecular formula is C15H30N2O. The van der Waals surface area contributed by atoms with E-state index in [0.29, 0.717) is 0 Å². The van der Waals surface area contributed by atoms with Crippen LogP contribution in [0, 0.1) is 5.92 Å². The molecule has 3 heteroatoms.